The first kappa shape index (κ1) is 23.7. The molecule has 1 saturated carbocycles. The van der Waals surface area contributed by atoms with Gasteiger partial charge in [0.2, 0.25) is 5.91 Å². The molecular formula is C23H27ClN4O4S. The monoisotopic (exact) mass is 490 g/mol. The number of nitrogens with one attached hydrogen (secondary N) is 2. The zero-order valence-corrected chi connectivity index (χ0v) is 19.8. The Morgan fingerprint density at radius 1 is 1.21 bits per heavy atom. The lowest BCUT2D eigenvalue weighted by molar-refractivity contribution is -0.149. The van der Waals surface area contributed by atoms with Crippen LogP contribution in [-0.4, -0.2) is 34.9 Å². The van der Waals surface area contributed by atoms with Crippen LogP contribution in [-0.2, 0) is 21.1 Å². The first-order valence-corrected chi connectivity index (χ1v) is 12.5. The summed E-state index contributed by atoms with van der Waals surface area (Å²) >= 11 is 7.59. The highest BCUT2D eigenvalue weighted by Crippen LogP contribution is 2.29. The van der Waals surface area contributed by atoms with Crippen molar-refractivity contribution in [3.63, 3.8) is 0 Å². The number of rotatable bonds is 7. The third kappa shape index (κ3) is 6.31. The van der Waals surface area contributed by atoms with E-state index in [1.807, 2.05) is 0 Å². The van der Waals surface area contributed by atoms with E-state index in [9.17, 15) is 14.4 Å². The number of thiazole rings is 1. The van der Waals surface area contributed by atoms with Crippen LogP contribution < -0.4 is 15.4 Å². The summed E-state index contributed by atoms with van der Waals surface area (Å²) in [6, 6.07) is 4.44. The van der Waals surface area contributed by atoms with Crippen LogP contribution in [0, 0.1) is 5.92 Å². The van der Waals surface area contributed by atoms with Crippen LogP contribution in [0.25, 0.3) is 0 Å². The van der Waals surface area contributed by atoms with Gasteiger partial charge in [0.25, 0.3) is 5.91 Å². The molecule has 2 aliphatic rings. The molecule has 0 spiro atoms. The number of hydrogen-bond acceptors (Lipinski definition) is 6. The second kappa shape index (κ2) is 11.1. The van der Waals surface area contributed by atoms with E-state index in [2.05, 4.69) is 15.6 Å². The minimum Gasteiger partial charge on any atom is -0.443 e. The van der Waals surface area contributed by atoms with E-state index in [1.165, 1.54) is 30.2 Å². The van der Waals surface area contributed by atoms with Crippen molar-refractivity contribution < 1.29 is 19.1 Å². The number of carbonyl (C=O) groups excluding carboxylic acids is 3. The van der Waals surface area contributed by atoms with Crippen molar-refractivity contribution in [3.8, 4) is 0 Å². The molecule has 176 valence electrons. The normalized spacial score (nSPS) is 19.1. The molecule has 1 unspecified atom stereocenters. The third-order valence-electron chi connectivity index (χ3n) is 5.99. The minimum atomic E-state index is -0.472. The van der Waals surface area contributed by atoms with Gasteiger partial charge in [0.05, 0.1) is 10.7 Å². The van der Waals surface area contributed by atoms with Gasteiger partial charge in [-0.05, 0) is 56.3 Å². The Hall–Kier alpha value is -2.49. The molecule has 1 atom stereocenters. The summed E-state index contributed by atoms with van der Waals surface area (Å²) in [5.74, 6) is -0.397. The number of hydrogen-bond donors (Lipinski definition) is 2. The summed E-state index contributed by atoms with van der Waals surface area (Å²) in [4.78, 5) is 41.6. The van der Waals surface area contributed by atoms with Gasteiger partial charge >= 0.3 is 5.97 Å². The van der Waals surface area contributed by atoms with E-state index in [-0.39, 0.29) is 29.7 Å². The zero-order valence-electron chi connectivity index (χ0n) is 18.2. The Bertz CT molecular complexity index is 1080. The maximum absolute atomic E-state index is 12.7. The van der Waals surface area contributed by atoms with Gasteiger partial charge in [0.15, 0.2) is 11.5 Å². The van der Waals surface area contributed by atoms with Crippen LogP contribution in [0.5, 0.6) is 0 Å². The van der Waals surface area contributed by atoms with Crippen LogP contribution in [0.15, 0.2) is 34.8 Å². The predicted octanol–water partition coefficient (Wildman–Crippen LogP) is 3.72. The zero-order chi connectivity index (χ0) is 23.2. The van der Waals surface area contributed by atoms with Gasteiger partial charge in [0, 0.05) is 23.6 Å². The highest BCUT2D eigenvalue weighted by atomic mass is 35.5. The van der Waals surface area contributed by atoms with Crippen LogP contribution >= 0.6 is 22.9 Å². The molecule has 8 nitrogen and oxygen atoms in total. The van der Waals surface area contributed by atoms with Crippen molar-refractivity contribution in [3.05, 3.63) is 45.2 Å². The van der Waals surface area contributed by atoms with Crippen molar-refractivity contribution in [2.24, 2.45) is 10.9 Å². The van der Waals surface area contributed by atoms with E-state index in [4.69, 9.17) is 16.3 Å². The second-order valence-corrected chi connectivity index (χ2v) is 9.69. The van der Waals surface area contributed by atoms with Gasteiger partial charge in [-0.25, -0.2) is 0 Å². The molecule has 1 saturated heterocycles. The van der Waals surface area contributed by atoms with Crippen LogP contribution in [0.2, 0.25) is 5.02 Å². The maximum atomic E-state index is 12.7. The molecule has 1 aliphatic carbocycles. The summed E-state index contributed by atoms with van der Waals surface area (Å²) in [6.45, 7) is 0.797. The Morgan fingerprint density at radius 3 is 2.76 bits per heavy atom. The van der Waals surface area contributed by atoms with Gasteiger partial charge < -0.3 is 15.4 Å². The van der Waals surface area contributed by atoms with Gasteiger partial charge in [-0.1, -0.05) is 24.4 Å². The number of amides is 2. The van der Waals surface area contributed by atoms with E-state index in [0.717, 1.165) is 32.2 Å². The lowest BCUT2D eigenvalue weighted by Gasteiger charge is -2.11. The quantitative estimate of drug-likeness (QED) is 0.576. The minimum absolute atomic E-state index is 0.0145. The first-order chi connectivity index (χ1) is 16.0. The van der Waals surface area contributed by atoms with Crippen LogP contribution in [0.4, 0.5) is 5.69 Å². The number of esters is 1. The Kier molecular flexibility index (Phi) is 7.95. The molecule has 4 rings (SSSR count). The smallest absolute Gasteiger partial charge is 0.324 e. The number of anilines is 1. The molecule has 10 heteroatoms. The van der Waals surface area contributed by atoms with Gasteiger partial charge in [-0.3, -0.25) is 19.0 Å². The van der Waals surface area contributed by atoms with E-state index < -0.39 is 5.91 Å². The molecule has 1 aromatic carbocycles. The third-order valence-corrected chi connectivity index (χ3v) is 7.09. The molecule has 2 aromatic rings. The van der Waals surface area contributed by atoms with Gasteiger partial charge in [-0.15, -0.1) is 11.3 Å². The summed E-state index contributed by atoms with van der Waals surface area (Å²) in [7, 11) is 0. The summed E-state index contributed by atoms with van der Waals surface area (Å²) in [6.07, 6.45) is 8.47. The number of carbonyl (C=O) groups is 3. The molecule has 1 aliphatic heterocycles. The molecular weight excluding hydrogens is 464 g/mol. The first-order valence-electron chi connectivity index (χ1n) is 11.2. The molecule has 33 heavy (non-hydrogen) atoms. The highest BCUT2D eigenvalue weighted by molar-refractivity contribution is 7.07. The molecule has 1 aromatic heterocycles. The molecule has 2 heterocycles. The van der Waals surface area contributed by atoms with Crippen LogP contribution in [0.1, 0.15) is 55.3 Å². The SMILES string of the molecule is O=C(CC1CCCC1)Nc1ccc(C(=O)/N=c2\sccn2COC(=O)C2CCCN2)cc1Cl. The summed E-state index contributed by atoms with van der Waals surface area (Å²) < 4.78 is 6.96. The summed E-state index contributed by atoms with van der Waals surface area (Å²) in [5, 5.41) is 7.99. The number of ether oxygens (including phenoxy) is 1. The number of benzene rings is 1. The fraction of sp³-hybridized carbons (Fsp3) is 0.478. The Labute approximate surface area is 201 Å². The van der Waals surface area contributed by atoms with Crippen molar-refractivity contribution in [2.75, 3.05) is 11.9 Å². The van der Waals surface area contributed by atoms with Gasteiger partial charge in [-0.2, -0.15) is 4.99 Å². The van der Waals surface area contributed by atoms with Gasteiger partial charge in [0.1, 0.15) is 6.04 Å². The Balaban J connectivity index is 1.38. The average Bonchev–Trinajstić information content (AvgIpc) is 3.57. The van der Waals surface area contributed by atoms with E-state index in [1.54, 1.807) is 28.3 Å². The maximum Gasteiger partial charge on any atom is 0.324 e. The predicted molar refractivity (Wildman–Crippen MR) is 126 cm³/mol. The summed E-state index contributed by atoms with van der Waals surface area (Å²) in [5.41, 5.74) is 0.788. The largest absolute Gasteiger partial charge is 0.443 e. The molecule has 2 fully saturated rings. The van der Waals surface area contributed by atoms with Crippen molar-refractivity contribution in [1.29, 1.82) is 0 Å². The molecule has 0 bridgehead atoms. The molecule has 0 radical (unpaired) electrons. The highest BCUT2D eigenvalue weighted by Gasteiger charge is 2.23. The van der Waals surface area contributed by atoms with E-state index >= 15 is 0 Å². The molecule has 2 N–H and O–H groups in total. The topological polar surface area (TPSA) is 102 Å². The number of nitrogens with zero attached hydrogens (tertiary/aromatic N) is 2. The Morgan fingerprint density at radius 2 is 2.03 bits per heavy atom. The fourth-order valence-electron chi connectivity index (χ4n) is 4.18. The van der Waals surface area contributed by atoms with Crippen LogP contribution in [0.3, 0.4) is 0 Å². The second-order valence-electron chi connectivity index (χ2n) is 8.41. The lowest BCUT2D eigenvalue weighted by Crippen LogP contribution is -2.33. The lowest BCUT2D eigenvalue weighted by atomic mass is 10.0. The van der Waals surface area contributed by atoms with Crippen molar-refractivity contribution >= 4 is 46.4 Å². The number of aromatic nitrogens is 1. The standard InChI is InChI=1S/C23H27ClN4O4S/c24-17-13-16(7-8-18(17)26-20(29)12-15-4-1-2-5-15)21(30)27-23-28(10-11-33-23)14-32-22(31)19-6-3-9-25-19/h7-8,10-11,13,15,19,25H,1-6,9,12,14H2,(H,26,29)/b27-23-. The fourth-order valence-corrected chi connectivity index (χ4v) is 5.13. The number of halogens is 1. The average molecular weight is 491 g/mol. The molecule has 2 amide bonds. The van der Waals surface area contributed by atoms with Crippen molar-refractivity contribution in [1.82, 2.24) is 9.88 Å². The van der Waals surface area contributed by atoms with Crippen molar-refractivity contribution in [2.45, 2.75) is 57.7 Å². The van der Waals surface area contributed by atoms with E-state index in [0.29, 0.717) is 28.4 Å².